The van der Waals surface area contributed by atoms with E-state index in [2.05, 4.69) is 5.32 Å². The van der Waals surface area contributed by atoms with E-state index in [4.69, 9.17) is 4.74 Å². The van der Waals surface area contributed by atoms with Crippen molar-refractivity contribution in [3.05, 3.63) is 24.3 Å². The highest BCUT2D eigenvalue weighted by molar-refractivity contribution is 6.00. The predicted octanol–water partition coefficient (Wildman–Crippen LogP) is 2.50. The van der Waals surface area contributed by atoms with Gasteiger partial charge in [-0.2, -0.15) is 0 Å². The number of rotatable bonds is 6. The maximum absolute atomic E-state index is 12.4. The standard InChI is InChI=1S/C19H24N2O3/c1-12-19(23)21(15-4-2-3-5-16(15)24-12)11-10-17(22)20-18(13-6-7-13)14-8-9-14/h2-5,12-14,18H,6-11H2,1H3,(H,20,22). The number of hydrogen-bond donors (Lipinski definition) is 1. The van der Waals surface area contributed by atoms with Crippen LogP contribution in [0.4, 0.5) is 5.69 Å². The molecule has 3 aliphatic rings. The number of nitrogens with zero attached hydrogens (tertiary/aromatic N) is 1. The number of anilines is 1. The first-order valence-corrected chi connectivity index (χ1v) is 9.00. The molecule has 0 aromatic heterocycles. The van der Waals surface area contributed by atoms with Crippen LogP contribution in [0.2, 0.25) is 0 Å². The van der Waals surface area contributed by atoms with E-state index in [1.165, 1.54) is 25.7 Å². The molecule has 0 spiro atoms. The summed E-state index contributed by atoms with van der Waals surface area (Å²) in [5.41, 5.74) is 0.759. The maximum atomic E-state index is 12.4. The Kier molecular flexibility index (Phi) is 3.94. The number of amides is 2. The van der Waals surface area contributed by atoms with Gasteiger partial charge < -0.3 is 15.0 Å². The summed E-state index contributed by atoms with van der Waals surface area (Å²) >= 11 is 0. The molecule has 2 saturated carbocycles. The van der Waals surface area contributed by atoms with E-state index in [0.29, 0.717) is 36.6 Å². The summed E-state index contributed by atoms with van der Waals surface area (Å²) in [5.74, 6) is 2.06. The van der Waals surface area contributed by atoms with E-state index in [1.807, 2.05) is 24.3 Å². The Morgan fingerprint density at radius 3 is 2.58 bits per heavy atom. The van der Waals surface area contributed by atoms with Crippen molar-refractivity contribution in [3.63, 3.8) is 0 Å². The highest BCUT2D eigenvalue weighted by Crippen LogP contribution is 2.44. The third-order valence-electron chi connectivity index (χ3n) is 5.22. The summed E-state index contributed by atoms with van der Waals surface area (Å²) in [5, 5.41) is 3.22. The molecule has 5 heteroatoms. The smallest absolute Gasteiger partial charge is 0.267 e. The molecule has 0 saturated heterocycles. The van der Waals surface area contributed by atoms with Crippen LogP contribution in [0.5, 0.6) is 5.75 Å². The first kappa shape index (κ1) is 15.5. The second-order valence-electron chi connectivity index (χ2n) is 7.24. The van der Waals surface area contributed by atoms with Crippen LogP contribution in [0.3, 0.4) is 0 Å². The summed E-state index contributed by atoms with van der Waals surface area (Å²) in [7, 11) is 0. The van der Waals surface area contributed by atoms with Gasteiger partial charge in [-0.3, -0.25) is 9.59 Å². The van der Waals surface area contributed by atoms with E-state index >= 15 is 0 Å². The summed E-state index contributed by atoms with van der Waals surface area (Å²) in [4.78, 5) is 26.5. The minimum absolute atomic E-state index is 0.0585. The molecule has 0 radical (unpaired) electrons. The van der Waals surface area contributed by atoms with E-state index in [9.17, 15) is 9.59 Å². The minimum Gasteiger partial charge on any atom is -0.479 e. The highest BCUT2D eigenvalue weighted by atomic mass is 16.5. The molecule has 4 rings (SSSR count). The molecule has 1 atom stereocenters. The van der Waals surface area contributed by atoms with Gasteiger partial charge >= 0.3 is 0 Å². The van der Waals surface area contributed by atoms with Crippen LogP contribution in [-0.4, -0.2) is 30.5 Å². The van der Waals surface area contributed by atoms with Crippen LogP contribution in [0.15, 0.2) is 24.3 Å². The summed E-state index contributed by atoms with van der Waals surface area (Å²) in [6, 6.07) is 7.87. The third kappa shape index (κ3) is 3.12. The summed E-state index contributed by atoms with van der Waals surface area (Å²) in [6.07, 6.45) is 4.81. The molecule has 128 valence electrons. The van der Waals surface area contributed by atoms with E-state index in [1.54, 1.807) is 11.8 Å². The van der Waals surface area contributed by atoms with Crippen molar-refractivity contribution < 1.29 is 14.3 Å². The number of carbonyl (C=O) groups excluding carboxylic acids is 2. The monoisotopic (exact) mass is 328 g/mol. The quantitative estimate of drug-likeness (QED) is 0.873. The average molecular weight is 328 g/mol. The van der Waals surface area contributed by atoms with Crippen molar-refractivity contribution in [2.45, 2.75) is 51.2 Å². The third-order valence-corrected chi connectivity index (χ3v) is 5.22. The average Bonchev–Trinajstić information content (AvgIpc) is 3.47. The number of para-hydroxylation sites is 2. The molecule has 2 amide bonds. The zero-order chi connectivity index (χ0) is 16.7. The largest absolute Gasteiger partial charge is 0.479 e. The molecule has 1 N–H and O–H groups in total. The molecule has 5 nitrogen and oxygen atoms in total. The zero-order valence-electron chi connectivity index (χ0n) is 14.0. The Balaban J connectivity index is 1.39. The molecule has 1 unspecified atom stereocenters. The van der Waals surface area contributed by atoms with Gasteiger partial charge in [0.1, 0.15) is 5.75 Å². The number of ether oxygens (including phenoxy) is 1. The fraction of sp³-hybridized carbons (Fsp3) is 0.579. The molecular weight excluding hydrogens is 304 g/mol. The van der Waals surface area contributed by atoms with Gasteiger partial charge in [-0.05, 0) is 56.6 Å². The minimum atomic E-state index is -0.506. The first-order chi connectivity index (χ1) is 11.6. The molecule has 2 fully saturated rings. The second-order valence-corrected chi connectivity index (χ2v) is 7.24. The molecule has 24 heavy (non-hydrogen) atoms. The van der Waals surface area contributed by atoms with Crippen LogP contribution in [-0.2, 0) is 9.59 Å². The lowest BCUT2D eigenvalue weighted by Gasteiger charge is -2.33. The summed E-state index contributed by atoms with van der Waals surface area (Å²) in [6.45, 7) is 2.15. The van der Waals surface area contributed by atoms with Gasteiger partial charge in [0.15, 0.2) is 6.10 Å². The van der Waals surface area contributed by atoms with Crippen LogP contribution >= 0.6 is 0 Å². The van der Waals surface area contributed by atoms with Crippen molar-refractivity contribution >= 4 is 17.5 Å². The van der Waals surface area contributed by atoms with Gasteiger partial charge in [0.25, 0.3) is 5.91 Å². The van der Waals surface area contributed by atoms with Crippen molar-refractivity contribution in [1.29, 1.82) is 0 Å². The van der Waals surface area contributed by atoms with Gasteiger partial charge in [-0.15, -0.1) is 0 Å². The topological polar surface area (TPSA) is 58.6 Å². The Morgan fingerprint density at radius 1 is 1.25 bits per heavy atom. The highest BCUT2D eigenvalue weighted by Gasteiger charge is 2.42. The van der Waals surface area contributed by atoms with Crippen molar-refractivity contribution in [2.24, 2.45) is 11.8 Å². The fourth-order valence-electron chi connectivity index (χ4n) is 3.59. The van der Waals surface area contributed by atoms with Gasteiger partial charge in [0.05, 0.1) is 5.69 Å². The van der Waals surface area contributed by atoms with Crippen LogP contribution in [0.25, 0.3) is 0 Å². The van der Waals surface area contributed by atoms with Gasteiger partial charge in [0, 0.05) is 19.0 Å². The SMILES string of the molecule is CC1Oc2ccccc2N(CCC(=O)NC(C2CC2)C2CC2)C1=O. The number of nitrogens with one attached hydrogen (secondary N) is 1. The normalized spacial score (nSPS) is 23.0. The Hall–Kier alpha value is -2.04. The predicted molar refractivity (Wildman–Crippen MR) is 90.9 cm³/mol. The van der Waals surface area contributed by atoms with Crippen molar-refractivity contribution in [1.82, 2.24) is 5.32 Å². The van der Waals surface area contributed by atoms with Crippen LogP contribution in [0, 0.1) is 11.8 Å². The number of hydrogen-bond acceptors (Lipinski definition) is 3. The van der Waals surface area contributed by atoms with E-state index < -0.39 is 6.10 Å². The first-order valence-electron chi connectivity index (χ1n) is 9.00. The van der Waals surface area contributed by atoms with E-state index in [-0.39, 0.29) is 11.8 Å². The molecule has 1 aromatic carbocycles. The lowest BCUT2D eigenvalue weighted by Crippen LogP contribution is -2.46. The second kappa shape index (κ2) is 6.11. The molecule has 2 aliphatic carbocycles. The molecule has 1 heterocycles. The molecule has 0 bridgehead atoms. The molecule has 1 aliphatic heterocycles. The molecule has 1 aromatic rings. The van der Waals surface area contributed by atoms with Crippen molar-refractivity contribution in [3.8, 4) is 5.75 Å². The van der Waals surface area contributed by atoms with Crippen LogP contribution < -0.4 is 15.0 Å². The van der Waals surface area contributed by atoms with Gasteiger partial charge in [-0.1, -0.05) is 12.1 Å². The zero-order valence-corrected chi connectivity index (χ0v) is 14.0. The fourth-order valence-corrected chi connectivity index (χ4v) is 3.59. The molecular formula is C19H24N2O3. The Morgan fingerprint density at radius 2 is 1.92 bits per heavy atom. The van der Waals surface area contributed by atoms with Gasteiger partial charge in [0.2, 0.25) is 5.91 Å². The maximum Gasteiger partial charge on any atom is 0.267 e. The van der Waals surface area contributed by atoms with Crippen LogP contribution in [0.1, 0.15) is 39.0 Å². The lowest BCUT2D eigenvalue weighted by atomic mass is 10.1. The number of carbonyl (C=O) groups is 2. The Labute approximate surface area is 142 Å². The van der Waals surface area contributed by atoms with E-state index in [0.717, 1.165) is 5.69 Å². The lowest BCUT2D eigenvalue weighted by molar-refractivity contribution is -0.125. The van der Waals surface area contributed by atoms with Gasteiger partial charge in [-0.25, -0.2) is 0 Å². The summed E-state index contributed by atoms with van der Waals surface area (Å²) < 4.78 is 5.63. The number of fused-ring (bicyclic) bond motifs is 1. The Bertz CT molecular complexity index is 640. The number of benzene rings is 1. The van der Waals surface area contributed by atoms with Crippen molar-refractivity contribution in [2.75, 3.05) is 11.4 Å².